The van der Waals surface area contributed by atoms with E-state index >= 15 is 0 Å². The summed E-state index contributed by atoms with van der Waals surface area (Å²) in [6.07, 6.45) is 0.886. The molecule has 0 aliphatic heterocycles. The number of thioether (sulfide) groups is 1. The van der Waals surface area contributed by atoms with Crippen LogP contribution in [0, 0.1) is 11.6 Å². The molecule has 96 valence electrons. The Morgan fingerprint density at radius 1 is 1.47 bits per heavy atom. The molecule has 1 aromatic heterocycles. The van der Waals surface area contributed by atoms with Gasteiger partial charge in [-0.15, -0.1) is 0 Å². The molecule has 17 heavy (non-hydrogen) atoms. The van der Waals surface area contributed by atoms with Crippen LogP contribution in [0.15, 0.2) is 6.07 Å². The molecule has 0 aromatic carbocycles. The molecule has 1 aromatic rings. The predicted molar refractivity (Wildman–Crippen MR) is 69.3 cm³/mol. The highest BCUT2D eigenvalue weighted by Gasteiger charge is 2.11. The van der Waals surface area contributed by atoms with Crippen molar-refractivity contribution in [3.8, 4) is 0 Å². The Morgan fingerprint density at radius 2 is 2.18 bits per heavy atom. The smallest absolute Gasteiger partial charge is 0.168 e. The molecule has 3 N–H and O–H groups in total. The van der Waals surface area contributed by atoms with Crippen LogP contribution in [-0.4, -0.2) is 22.5 Å². The van der Waals surface area contributed by atoms with Gasteiger partial charge in [-0.25, -0.2) is 13.8 Å². The topological polar surface area (TPSA) is 50.9 Å². The van der Waals surface area contributed by atoms with Gasteiger partial charge in [-0.1, -0.05) is 6.92 Å². The van der Waals surface area contributed by atoms with Gasteiger partial charge in [0.05, 0.1) is 0 Å². The largest absolute Gasteiger partial charge is 0.381 e. The average Bonchev–Trinajstić information content (AvgIpc) is 2.26. The van der Waals surface area contributed by atoms with Crippen molar-refractivity contribution in [3.63, 3.8) is 0 Å². The third-order valence-electron chi connectivity index (χ3n) is 2.24. The Bertz CT molecular complexity index is 374. The number of anilines is 2. The summed E-state index contributed by atoms with van der Waals surface area (Å²) >= 11 is 1.82. The summed E-state index contributed by atoms with van der Waals surface area (Å²) in [7, 11) is 0. The molecule has 0 aliphatic rings. The highest BCUT2D eigenvalue weighted by molar-refractivity contribution is 7.99. The number of hydrogen-bond acceptors (Lipinski definition) is 4. The number of nitrogens with two attached hydrogens (primary N) is 1. The number of aromatic nitrogens is 1. The van der Waals surface area contributed by atoms with E-state index in [0.717, 1.165) is 24.0 Å². The van der Waals surface area contributed by atoms with E-state index in [2.05, 4.69) is 17.2 Å². The molecule has 0 spiro atoms. The standard InChI is InChI=1S/C11H17F2N3S/c1-3-17-5-4-7(2)15-11-9(13)6-8(12)10(14)16-11/h6-7H,3-5H2,1-2H3,(H3,14,15,16). The summed E-state index contributed by atoms with van der Waals surface area (Å²) in [6, 6.07) is 0.818. The van der Waals surface area contributed by atoms with Crippen LogP contribution in [0.5, 0.6) is 0 Å². The van der Waals surface area contributed by atoms with Crippen LogP contribution >= 0.6 is 11.8 Å². The Morgan fingerprint density at radius 3 is 2.82 bits per heavy atom. The van der Waals surface area contributed by atoms with Gasteiger partial charge < -0.3 is 11.1 Å². The first-order chi connectivity index (χ1) is 8.04. The minimum absolute atomic E-state index is 0.0119. The van der Waals surface area contributed by atoms with E-state index in [1.54, 1.807) is 0 Å². The van der Waals surface area contributed by atoms with E-state index in [0.29, 0.717) is 0 Å². The van der Waals surface area contributed by atoms with E-state index in [4.69, 9.17) is 5.73 Å². The molecule has 0 saturated heterocycles. The fourth-order valence-corrected chi connectivity index (χ4v) is 2.10. The van der Waals surface area contributed by atoms with Crippen molar-refractivity contribution >= 4 is 23.4 Å². The van der Waals surface area contributed by atoms with Crippen molar-refractivity contribution in [1.82, 2.24) is 4.98 Å². The number of hydrogen-bond donors (Lipinski definition) is 2. The molecular formula is C11H17F2N3S. The van der Waals surface area contributed by atoms with Gasteiger partial charge in [-0.05, 0) is 24.9 Å². The molecule has 0 fully saturated rings. The zero-order chi connectivity index (χ0) is 12.8. The lowest BCUT2D eigenvalue weighted by atomic mass is 10.2. The molecule has 1 rings (SSSR count). The van der Waals surface area contributed by atoms with Crippen LogP contribution in [0.25, 0.3) is 0 Å². The van der Waals surface area contributed by atoms with Gasteiger partial charge in [0.25, 0.3) is 0 Å². The van der Waals surface area contributed by atoms with E-state index in [-0.39, 0.29) is 17.7 Å². The molecule has 6 heteroatoms. The maximum Gasteiger partial charge on any atom is 0.168 e. The first-order valence-corrected chi connectivity index (χ1v) is 6.65. The molecular weight excluding hydrogens is 244 g/mol. The lowest BCUT2D eigenvalue weighted by molar-refractivity contribution is 0.577. The summed E-state index contributed by atoms with van der Waals surface area (Å²) in [5, 5.41) is 2.89. The van der Waals surface area contributed by atoms with Gasteiger partial charge in [0.15, 0.2) is 23.3 Å². The summed E-state index contributed by atoms with van der Waals surface area (Å²) in [6.45, 7) is 4.02. The highest BCUT2D eigenvalue weighted by Crippen LogP contribution is 2.18. The monoisotopic (exact) mass is 261 g/mol. The summed E-state index contributed by atoms with van der Waals surface area (Å²) < 4.78 is 26.2. The van der Waals surface area contributed by atoms with E-state index in [9.17, 15) is 8.78 Å². The average molecular weight is 261 g/mol. The quantitative estimate of drug-likeness (QED) is 0.773. The van der Waals surface area contributed by atoms with Crippen LogP contribution in [0.3, 0.4) is 0 Å². The number of nitrogen functional groups attached to an aromatic ring is 1. The summed E-state index contributed by atoms with van der Waals surface area (Å²) in [4.78, 5) is 3.65. The summed E-state index contributed by atoms with van der Waals surface area (Å²) in [5.74, 6) is 0.224. The maximum atomic E-state index is 13.4. The molecule has 3 nitrogen and oxygen atoms in total. The lowest BCUT2D eigenvalue weighted by Gasteiger charge is -2.15. The molecule has 0 saturated carbocycles. The SMILES string of the molecule is CCSCCC(C)Nc1nc(N)c(F)cc1F. The second kappa shape index (κ2) is 6.64. The molecule has 0 bridgehead atoms. The van der Waals surface area contributed by atoms with Gasteiger partial charge in [-0.2, -0.15) is 11.8 Å². The van der Waals surface area contributed by atoms with Crippen LogP contribution in [0.2, 0.25) is 0 Å². The van der Waals surface area contributed by atoms with E-state index in [1.807, 2.05) is 18.7 Å². The Kier molecular flexibility index (Phi) is 5.47. The van der Waals surface area contributed by atoms with Crippen molar-refractivity contribution in [2.24, 2.45) is 0 Å². The minimum Gasteiger partial charge on any atom is -0.381 e. The predicted octanol–water partition coefficient (Wildman–Crippen LogP) is 2.89. The molecule has 1 heterocycles. The fraction of sp³-hybridized carbons (Fsp3) is 0.545. The van der Waals surface area contributed by atoms with E-state index < -0.39 is 11.6 Å². The number of halogens is 2. The molecule has 0 radical (unpaired) electrons. The van der Waals surface area contributed by atoms with Crippen molar-refractivity contribution < 1.29 is 8.78 Å². The van der Waals surface area contributed by atoms with Crippen LogP contribution in [-0.2, 0) is 0 Å². The third kappa shape index (κ3) is 4.38. The van der Waals surface area contributed by atoms with Gasteiger partial charge in [0, 0.05) is 12.1 Å². The maximum absolute atomic E-state index is 13.4. The number of nitrogens with zero attached hydrogens (tertiary/aromatic N) is 1. The van der Waals surface area contributed by atoms with E-state index in [1.165, 1.54) is 0 Å². The fourth-order valence-electron chi connectivity index (χ4n) is 1.29. The Balaban J connectivity index is 2.58. The number of pyridine rings is 1. The second-order valence-electron chi connectivity index (χ2n) is 3.72. The molecule has 1 atom stereocenters. The molecule has 0 aliphatic carbocycles. The van der Waals surface area contributed by atoms with Crippen LogP contribution < -0.4 is 11.1 Å². The zero-order valence-electron chi connectivity index (χ0n) is 9.96. The van der Waals surface area contributed by atoms with Crippen molar-refractivity contribution in [1.29, 1.82) is 0 Å². The minimum atomic E-state index is -0.831. The second-order valence-corrected chi connectivity index (χ2v) is 5.11. The van der Waals surface area contributed by atoms with Crippen molar-refractivity contribution in [2.45, 2.75) is 26.3 Å². The number of nitrogens with one attached hydrogen (secondary N) is 1. The third-order valence-corrected chi connectivity index (χ3v) is 3.17. The summed E-state index contributed by atoms with van der Waals surface area (Å²) in [5.41, 5.74) is 5.29. The Hall–Kier alpha value is -1.04. The first-order valence-electron chi connectivity index (χ1n) is 5.50. The first kappa shape index (κ1) is 14.0. The number of rotatable bonds is 6. The normalized spacial score (nSPS) is 12.5. The van der Waals surface area contributed by atoms with Crippen molar-refractivity contribution in [3.05, 3.63) is 17.7 Å². The Labute approximate surface area is 104 Å². The lowest BCUT2D eigenvalue weighted by Crippen LogP contribution is -2.18. The van der Waals surface area contributed by atoms with Crippen molar-refractivity contribution in [2.75, 3.05) is 22.6 Å². The van der Waals surface area contributed by atoms with Gasteiger partial charge in [0.1, 0.15) is 0 Å². The molecule has 0 amide bonds. The van der Waals surface area contributed by atoms with Gasteiger partial charge in [-0.3, -0.25) is 0 Å². The zero-order valence-corrected chi connectivity index (χ0v) is 10.8. The van der Waals surface area contributed by atoms with Gasteiger partial charge >= 0.3 is 0 Å². The van der Waals surface area contributed by atoms with Crippen LogP contribution in [0.1, 0.15) is 20.3 Å². The van der Waals surface area contributed by atoms with Gasteiger partial charge in [0.2, 0.25) is 0 Å². The molecule has 1 unspecified atom stereocenters. The van der Waals surface area contributed by atoms with Crippen LogP contribution in [0.4, 0.5) is 20.4 Å². The highest BCUT2D eigenvalue weighted by atomic mass is 32.2.